The summed E-state index contributed by atoms with van der Waals surface area (Å²) in [5.74, 6) is 0.325. The highest BCUT2D eigenvalue weighted by molar-refractivity contribution is 5.95. The topological polar surface area (TPSA) is 126 Å². The van der Waals surface area contributed by atoms with Crippen molar-refractivity contribution in [3.8, 4) is 17.2 Å². The van der Waals surface area contributed by atoms with Gasteiger partial charge in [0.25, 0.3) is 11.6 Å². The van der Waals surface area contributed by atoms with Crippen LogP contribution in [0, 0.1) is 10.1 Å². The van der Waals surface area contributed by atoms with Crippen molar-refractivity contribution in [2.75, 3.05) is 32.2 Å². The zero-order valence-corrected chi connectivity index (χ0v) is 18.1. The van der Waals surface area contributed by atoms with E-state index in [1.165, 1.54) is 25.3 Å². The van der Waals surface area contributed by atoms with E-state index >= 15 is 0 Å². The van der Waals surface area contributed by atoms with E-state index in [0.717, 1.165) is 18.4 Å². The molecule has 2 aromatic rings. The molecule has 0 saturated heterocycles. The predicted octanol–water partition coefficient (Wildman–Crippen LogP) is 3.37. The zero-order valence-electron chi connectivity index (χ0n) is 18.1. The molecule has 4 rings (SSSR count). The van der Waals surface area contributed by atoms with Gasteiger partial charge in [-0.05, 0) is 42.7 Å². The van der Waals surface area contributed by atoms with Crippen molar-refractivity contribution < 1.29 is 33.5 Å². The first-order valence-electron chi connectivity index (χ1n) is 10.6. The van der Waals surface area contributed by atoms with Gasteiger partial charge in [0.15, 0.2) is 18.1 Å². The summed E-state index contributed by atoms with van der Waals surface area (Å²) in [6.45, 7) is 0.348. The van der Waals surface area contributed by atoms with Crippen molar-refractivity contribution >= 4 is 23.3 Å². The van der Waals surface area contributed by atoms with Gasteiger partial charge in [0.2, 0.25) is 0 Å². The van der Waals surface area contributed by atoms with Gasteiger partial charge >= 0.3 is 5.97 Å². The molecule has 0 aromatic heterocycles. The fourth-order valence-electron chi connectivity index (χ4n) is 4.28. The summed E-state index contributed by atoms with van der Waals surface area (Å²) in [6.07, 6.45) is 2.90. The Morgan fingerprint density at radius 3 is 2.52 bits per heavy atom. The van der Waals surface area contributed by atoms with Gasteiger partial charge in [0.05, 0.1) is 23.5 Å². The Kier molecular flexibility index (Phi) is 6.34. The van der Waals surface area contributed by atoms with E-state index in [-0.39, 0.29) is 17.1 Å². The number of carbonyl (C=O) groups excluding carboxylic acids is 2. The molecule has 1 heterocycles. The van der Waals surface area contributed by atoms with Crippen LogP contribution >= 0.6 is 0 Å². The molecule has 2 aliphatic rings. The average Bonchev–Trinajstić information content (AvgIpc) is 3.33. The minimum Gasteiger partial charge on any atom is -0.496 e. The molecule has 0 atom stereocenters. The lowest BCUT2D eigenvalue weighted by Crippen LogP contribution is -2.36. The Labute approximate surface area is 189 Å². The smallest absolute Gasteiger partial charge is 0.317 e. The number of methoxy groups -OCH3 is 1. The maximum Gasteiger partial charge on any atom is 0.317 e. The van der Waals surface area contributed by atoms with Gasteiger partial charge in [-0.3, -0.25) is 19.7 Å². The van der Waals surface area contributed by atoms with Gasteiger partial charge < -0.3 is 24.3 Å². The molecule has 1 aliphatic carbocycles. The molecule has 1 fully saturated rings. The molecule has 0 spiro atoms. The number of fused-ring (bicyclic) bond motifs is 1. The van der Waals surface area contributed by atoms with E-state index in [1.54, 1.807) is 6.07 Å². The average molecular weight is 456 g/mol. The number of ether oxygens (including phenoxy) is 4. The second kappa shape index (κ2) is 9.35. The highest BCUT2D eigenvalue weighted by Gasteiger charge is 2.45. The first kappa shape index (κ1) is 22.4. The van der Waals surface area contributed by atoms with Crippen LogP contribution in [0.4, 0.5) is 11.4 Å². The van der Waals surface area contributed by atoms with E-state index in [0.29, 0.717) is 37.6 Å². The second-order valence-electron chi connectivity index (χ2n) is 7.91. The van der Waals surface area contributed by atoms with Gasteiger partial charge in [-0.25, -0.2) is 0 Å². The molecule has 0 radical (unpaired) electrons. The first-order chi connectivity index (χ1) is 15.9. The molecule has 2 aromatic carbocycles. The Bertz CT molecular complexity index is 1080. The molecule has 0 unspecified atom stereocenters. The van der Waals surface area contributed by atoms with Crippen LogP contribution in [0.1, 0.15) is 31.2 Å². The zero-order chi connectivity index (χ0) is 23.4. The van der Waals surface area contributed by atoms with Crippen LogP contribution in [0.25, 0.3) is 0 Å². The lowest BCUT2D eigenvalue weighted by atomic mass is 9.78. The van der Waals surface area contributed by atoms with E-state index in [9.17, 15) is 19.7 Å². The van der Waals surface area contributed by atoms with Gasteiger partial charge in [0.1, 0.15) is 24.7 Å². The van der Waals surface area contributed by atoms with Crippen LogP contribution in [0.5, 0.6) is 17.2 Å². The number of hydrogen-bond donors (Lipinski definition) is 1. The van der Waals surface area contributed by atoms with Crippen LogP contribution in [-0.4, -0.2) is 43.7 Å². The second-order valence-corrected chi connectivity index (χ2v) is 7.91. The van der Waals surface area contributed by atoms with Crippen molar-refractivity contribution in [2.24, 2.45) is 0 Å². The molecule has 174 valence electrons. The maximum atomic E-state index is 13.2. The molecule has 0 bridgehead atoms. The molecule has 10 nitrogen and oxygen atoms in total. The first-order valence-corrected chi connectivity index (χ1v) is 10.6. The lowest BCUT2D eigenvalue weighted by Gasteiger charge is -2.28. The summed E-state index contributed by atoms with van der Waals surface area (Å²) in [7, 11) is 1.39. The van der Waals surface area contributed by atoms with Crippen LogP contribution < -0.4 is 19.5 Å². The SMILES string of the molecule is COc1ccc(NC(=O)COC(=O)C2(c3ccc4c(c3)OCCO4)CCCC2)c([N+](=O)[O-])c1. The van der Waals surface area contributed by atoms with E-state index in [4.69, 9.17) is 18.9 Å². The van der Waals surface area contributed by atoms with Crippen LogP contribution in [0.15, 0.2) is 36.4 Å². The summed E-state index contributed by atoms with van der Waals surface area (Å²) in [5.41, 5.74) is -0.440. The summed E-state index contributed by atoms with van der Waals surface area (Å²) < 4.78 is 21.6. The maximum absolute atomic E-state index is 13.2. The molecule has 1 N–H and O–H groups in total. The summed E-state index contributed by atoms with van der Waals surface area (Å²) in [4.78, 5) is 36.2. The van der Waals surface area contributed by atoms with Crippen molar-refractivity contribution in [1.82, 2.24) is 0 Å². The van der Waals surface area contributed by atoms with Crippen LogP contribution in [0.3, 0.4) is 0 Å². The number of rotatable bonds is 7. The molecule has 10 heteroatoms. The Balaban J connectivity index is 1.46. The van der Waals surface area contributed by atoms with Gasteiger partial charge in [-0.1, -0.05) is 18.9 Å². The van der Waals surface area contributed by atoms with E-state index in [1.807, 2.05) is 12.1 Å². The monoisotopic (exact) mass is 456 g/mol. The predicted molar refractivity (Wildman–Crippen MR) is 117 cm³/mol. The number of nitrogens with one attached hydrogen (secondary N) is 1. The number of hydrogen-bond acceptors (Lipinski definition) is 8. The summed E-state index contributed by atoms with van der Waals surface area (Å²) in [6, 6.07) is 9.49. The van der Waals surface area contributed by atoms with Gasteiger partial charge in [-0.2, -0.15) is 0 Å². The number of amides is 1. The number of esters is 1. The number of nitro benzene ring substituents is 1. The molecular weight excluding hydrogens is 432 g/mol. The van der Waals surface area contributed by atoms with Crippen LogP contribution in [0.2, 0.25) is 0 Å². The third-order valence-electron chi connectivity index (χ3n) is 5.95. The molecule has 1 saturated carbocycles. The Morgan fingerprint density at radius 1 is 1.09 bits per heavy atom. The summed E-state index contributed by atoms with van der Waals surface area (Å²) in [5, 5.41) is 13.7. The minimum atomic E-state index is -0.873. The largest absolute Gasteiger partial charge is 0.496 e. The quantitative estimate of drug-likeness (QED) is 0.382. The number of nitro groups is 1. The Hall–Kier alpha value is -3.82. The third-order valence-corrected chi connectivity index (χ3v) is 5.95. The Morgan fingerprint density at radius 2 is 1.82 bits per heavy atom. The highest BCUT2D eigenvalue weighted by atomic mass is 16.6. The van der Waals surface area contributed by atoms with Gasteiger partial charge in [0, 0.05) is 0 Å². The highest BCUT2D eigenvalue weighted by Crippen LogP contribution is 2.45. The lowest BCUT2D eigenvalue weighted by molar-refractivity contribution is -0.384. The minimum absolute atomic E-state index is 0.00994. The number of benzene rings is 2. The normalized spacial score (nSPS) is 16.0. The van der Waals surface area contributed by atoms with Crippen molar-refractivity contribution in [2.45, 2.75) is 31.1 Å². The van der Waals surface area contributed by atoms with E-state index in [2.05, 4.69) is 5.32 Å². The van der Waals surface area contributed by atoms with Crippen molar-refractivity contribution in [1.29, 1.82) is 0 Å². The van der Waals surface area contributed by atoms with Crippen LogP contribution in [-0.2, 0) is 19.7 Å². The number of anilines is 1. The molecule has 1 aliphatic heterocycles. The molecule has 33 heavy (non-hydrogen) atoms. The van der Waals surface area contributed by atoms with Crippen molar-refractivity contribution in [3.05, 3.63) is 52.1 Å². The fourth-order valence-corrected chi connectivity index (χ4v) is 4.28. The number of nitrogens with zero attached hydrogens (tertiary/aromatic N) is 1. The fraction of sp³-hybridized carbons (Fsp3) is 0.391. The molecular formula is C23H24N2O8. The standard InChI is InChI=1S/C23H24N2O8/c1-30-16-5-6-17(18(13-16)25(28)29)24-21(26)14-33-22(27)23(8-2-3-9-23)15-4-7-19-20(12-15)32-11-10-31-19/h4-7,12-13H,2-3,8-11,14H2,1H3,(H,24,26). The van der Waals surface area contributed by atoms with Crippen molar-refractivity contribution in [3.63, 3.8) is 0 Å². The molecule has 1 amide bonds. The van der Waals surface area contributed by atoms with E-state index < -0.39 is 28.8 Å². The summed E-state index contributed by atoms with van der Waals surface area (Å²) >= 11 is 0. The number of carbonyl (C=O) groups is 2. The third kappa shape index (κ3) is 4.55. The van der Waals surface area contributed by atoms with Gasteiger partial charge in [-0.15, -0.1) is 0 Å².